The number of benzene rings is 1. The summed E-state index contributed by atoms with van der Waals surface area (Å²) >= 11 is 0. The van der Waals surface area contributed by atoms with Crippen LogP contribution in [0.3, 0.4) is 0 Å². The molecule has 1 aliphatic carbocycles. The first-order chi connectivity index (χ1) is 14.4. The zero-order valence-corrected chi connectivity index (χ0v) is 16.0. The van der Waals surface area contributed by atoms with Gasteiger partial charge in [0.2, 0.25) is 0 Å². The van der Waals surface area contributed by atoms with Crippen molar-refractivity contribution in [3.8, 4) is 6.07 Å². The maximum Gasteiger partial charge on any atom is 0.265 e. The second-order valence-corrected chi connectivity index (χ2v) is 6.72. The first-order valence-corrected chi connectivity index (χ1v) is 9.24. The summed E-state index contributed by atoms with van der Waals surface area (Å²) in [4.78, 5) is 7.82. The van der Waals surface area contributed by atoms with Gasteiger partial charge in [0.05, 0.1) is 11.8 Å². The molecule has 2 heterocycles. The molecule has 0 aliphatic heterocycles. The molecule has 0 fully saturated rings. The van der Waals surface area contributed by atoms with Gasteiger partial charge in [-0.1, -0.05) is 0 Å². The van der Waals surface area contributed by atoms with E-state index in [-0.39, 0.29) is 16.8 Å². The Morgan fingerprint density at radius 1 is 1.20 bits per heavy atom. The fourth-order valence-corrected chi connectivity index (χ4v) is 3.30. The second-order valence-electron chi connectivity index (χ2n) is 6.72. The van der Waals surface area contributed by atoms with Crippen molar-refractivity contribution < 1.29 is 13.2 Å². The molecule has 30 heavy (non-hydrogen) atoms. The quantitative estimate of drug-likeness (QED) is 0.440. The van der Waals surface area contributed by atoms with Crippen LogP contribution in [0.25, 0.3) is 0 Å². The summed E-state index contributed by atoms with van der Waals surface area (Å²) in [5, 5.41) is 16.6. The molecule has 0 amide bonds. The van der Waals surface area contributed by atoms with E-state index in [0.29, 0.717) is 34.7 Å². The molecule has 2 aromatic heterocycles. The van der Waals surface area contributed by atoms with E-state index in [1.165, 1.54) is 18.8 Å². The van der Waals surface area contributed by atoms with Crippen molar-refractivity contribution in [1.29, 1.82) is 10.7 Å². The molecule has 0 spiro atoms. The number of hydrogen-bond donors (Lipinski definition) is 3. The van der Waals surface area contributed by atoms with E-state index in [0.717, 1.165) is 25.0 Å². The monoisotopic (exact) mass is 410 g/mol. The zero-order valence-electron chi connectivity index (χ0n) is 16.0. The Hall–Kier alpha value is -3.80. The zero-order chi connectivity index (χ0) is 21.7. The van der Waals surface area contributed by atoms with Gasteiger partial charge in [-0.3, -0.25) is 10.4 Å². The third kappa shape index (κ3) is 4.43. The lowest BCUT2D eigenvalue weighted by molar-refractivity contribution is 0.149. The summed E-state index contributed by atoms with van der Waals surface area (Å²) in [6.07, 6.45) is 4.70. The van der Waals surface area contributed by atoms with Crippen molar-refractivity contribution in [3.05, 3.63) is 70.7 Å². The highest BCUT2D eigenvalue weighted by molar-refractivity contribution is 6.12. The Bertz CT molecular complexity index is 1090. The van der Waals surface area contributed by atoms with Gasteiger partial charge < -0.3 is 15.9 Å². The standard InChI is InChI=1S/C11H10F2N2.C10H10N4O/c12-11(13)10-7(5-14)6-15-9-4-2-1-3-8(9)10;11-6-1-2-8(12)7(3-6)10(13)9-4-14-5-15-9/h6,11H,1-4H2;1-5,13H,11-12H2. The summed E-state index contributed by atoms with van der Waals surface area (Å²) in [5.74, 6) is 0.368. The molecular formula is C21H20F2N6O. The van der Waals surface area contributed by atoms with Crippen LogP contribution in [0.4, 0.5) is 20.2 Å². The third-order valence-electron chi connectivity index (χ3n) is 4.77. The van der Waals surface area contributed by atoms with Crippen LogP contribution < -0.4 is 11.5 Å². The van der Waals surface area contributed by atoms with E-state index in [2.05, 4.69) is 9.97 Å². The van der Waals surface area contributed by atoms with Crippen molar-refractivity contribution >= 4 is 17.1 Å². The van der Waals surface area contributed by atoms with E-state index in [1.54, 1.807) is 24.3 Å². The molecule has 9 heteroatoms. The Labute approximate surface area is 171 Å². The fourth-order valence-electron chi connectivity index (χ4n) is 3.30. The van der Waals surface area contributed by atoms with Gasteiger partial charge in [0.15, 0.2) is 12.2 Å². The number of oxazole rings is 1. The molecule has 1 aliphatic rings. The number of aryl methyl sites for hydroxylation is 1. The highest BCUT2D eigenvalue weighted by Crippen LogP contribution is 2.31. The molecule has 0 radical (unpaired) electrons. The molecule has 5 N–H and O–H groups in total. The van der Waals surface area contributed by atoms with Crippen LogP contribution in [-0.4, -0.2) is 15.7 Å². The van der Waals surface area contributed by atoms with Gasteiger partial charge in [-0.2, -0.15) is 5.26 Å². The molecule has 0 atom stereocenters. The number of anilines is 2. The van der Waals surface area contributed by atoms with Crippen molar-refractivity contribution in [3.63, 3.8) is 0 Å². The number of pyridine rings is 1. The minimum atomic E-state index is -2.57. The Kier molecular flexibility index (Phi) is 6.37. The number of nitrogen functional groups attached to an aromatic ring is 2. The number of nitrogens with one attached hydrogen (secondary N) is 1. The average Bonchev–Trinajstić information content (AvgIpc) is 3.29. The van der Waals surface area contributed by atoms with Crippen LogP contribution in [0.5, 0.6) is 0 Å². The van der Waals surface area contributed by atoms with Gasteiger partial charge in [0, 0.05) is 34.4 Å². The van der Waals surface area contributed by atoms with Gasteiger partial charge >= 0.3 is 0 Å². The minimum Gasteiger partial charge on any atom is -0.442 e. The Morgan fingerprint density at radius 2 is 1.97 bits per heavy atom. The summed E-state index contributed by atoms with van der Waals surface area (Å²) in [7, 11) is 0. The van der Waals surface area contributed by atoms with Crippen LogP contribution in [0, 0.1) is 16.7 Å². The lowest BCUT2D eigenvalue weighted by Crippen LogP contribution is -2.10. The van der Waals surface area contributed by atoms with Crippen LogP contribution >= 0.6 is 0 Å². The van der Waals surface area contributed by atoms with Gasteiger partial charge in [-0.15, -0.1) is 0 Å². The predicted molar refractivity (Wildman–Crippen MR) is 108 cm³/mol. The molecule has 0 saturated carbocycles. The van der Waals surface area contributed by atoms with Crippen molar-refractivity contribution in [2.24, 2.45) is 0 Å². The average molecular weight is 410 g/mol. The molecule has 7 nitrogen and oxygen atoms in total. The largest absolute Gasteiger partial charge is 0.442 e. The number of hydrogen-bond acceptors (Lipinski definition) is 7. The van der Waals surface area contributed by atoms with Crippen molar-refractivity contribution in [2.75, 3.05) is 11.5 Å². The number of halogens is 2. The number of nitriles is 1. The normalized spacial score (nSPS) is 12.5. The summed E-state index contributed by atoms with van der Waals surface area (Å²) < 4.78 is 30.7. The number of alkyl halides is 2. The second kappa shape index (κ2) is 9.13. The van der Waals surface area contributed by atoms with Crippen molar-refractivity contribution in [2.45, 2.75) is 32.1 Å². The maximum atomic E-state index is 12.8. The molecule has 1 aromatic carbocycles. The van der Waals surface area contributed by atoms with Crippen LogP contribution in [0.2, 0.25) is 0 Å². The van der Waals surface area contributed by atoms with Gasteiger partial charge in [-0.05, 0) is 49.4 Å². The summed E-state index contributed by atoms with van der Waals surface area (Å²) in [6, 6.07) is 6.77. The van der Waals surface area contributed by atoms with E-state index in [4.69, 9.17) is 26.6 Å². The fraction of sp³-hybridized carbons (Fsp3) is 0.238. The smallest absolute Gasteiger partial charge is 0.265 e. The van der Waals surface area contributed by atoms with Crippen molar-refractivity contribution in [1.82, 2.24) is 9.97 Å². The number of aromatic nitrogens is 2. The Morgan fingerprint density at radius 3 is 2.63 bits per heavy atom. The number of nitrogens with two attached hydrogens (primary N) is 2. The Balaban J connectivity index is 0.000000171. The predicted octanol–water partition coefficient (Wildman–Crippen LogP) is 4.02. The summed E-state index contributed by atoms with van der Waals surface area (Å²) in [6.45, 7) is 0. The molecule has 0 unspecified atom stereocenters. The summed E-state index contributed by atoms with van der Waals surface area (Å²) in [5.41, 5.74) is 14.4. The topological polar surface area (TPSA) is 139 Å². The highest BCUT2D eigenvalue weighted by atomic mass is 19.3. The molecule has 0 bridgehead atoms. The van der Waals surface area contributed by atoms with Gasteiger partial charge in [0.25, 0.3) is 6.43 Å². The first-order valence-electron chi connectivity index (χ1n) is 9.24. The maximum absolute atomic E-state index is 12.8. The number of fused-ring (bicyclic) bond motifs is 1. The SMILES string of the molecule is N#Cc1cnc2c(c1C(F)F)CCCC2.N=C(c1cnco1)c1cc(N)ccc1N. The third-order valence-corrected chi connectivity index (χ3v) is 4.77. The van der Waals surface area contributed by atoms with E-state index < -0.39 is 6.43 Å². The minimum absolute atomic E-state index is 0.0191. The lowest BCUT2D eigenvalue weighted by atomic mass is 9.90. The van der Waals surface area contributed by atoms with Crippen LogP contribution in [0.1, 0.15) is 53.0 Å². The molecular weight excluding hydrogens is 390 g/mol. The van der Waals surface area contributed by atoms with Gasteiger partial charge in [-0.25, -0.2) is 13.8 Å². The number of rotatable bonds is 3. The highest BCUT2D eigenvalue weighted by Gasteiger charge is 2.23. The van der Waals surface area contributed by atoms with Crippen LogP contribution in [0.15, 0.2) is 41.4 Å². The lowest BCUT2D eigenvalue weighted by Gasteiger charge is -2.18. The number of nitrogens with zero attached hydrogens (tertiary/aromatic N) is 3. The first kappa shape index (κ1) is 20.9. The molecule has 3 aromatic rings. The molecule has 0 saturated heterocycles. The molecule has 154 valence electrons. The van der Waals surface area contributed by atoms with E-state index in [1.807, 2.05) is 0 Å². The van der Waals surface area contributed by atoms with E-state index >= 15 is 0 Å². The van der Waals surface area contributed by atoms with Crippen LogP contribution in [-0.2, 0) is 12.8 Å². The molecule has 4 rings (SSSR count). The van der Waals surface area contributed by atoms with E-state index in [9.17, 15) is 8.78 Å². The van der Waals surface area contributed by atoms with Gasteiger partial charge in [0.1, 0.15) is 11.8 Å².